The first-order valence-electron chi connectivity index (χ1n) is 6.02. The predicted octanol–water partition coefficient (Wildman–Crippen LogP) is 4.42. The van der Waals surface area contributed by atoms with Crippen molar-refractivity contribution in [2.45, 2.75) is 26.3 Å². The quantitative estimate of drug-likeness (QED) is 0.900. The molecule has 1 aromatic carbocycles. The summed E-state index contributed by atoms with van der Waals surface area (Å²) in [6.07, 6.45) is 0. The third-order valence-corrected chi connectivity index (χ3v) is 4.30. The van der Waals surface area contributed by atoms with Gasteiger partial charge >= 0.3 is 0 Å². The van der Waals surface area contributed by atoms with Crippen molar-refractivity contribution in [3.8, 4) is 10.6 Å². The Bertz CT molecular complexity index is 534. The van der Waals surface area contributed by atoms with Crippen molar-refractivity contribution in [1.82, 2.24) is 10.3 Å². The van der Waals surface area contributed by atoms with Gasteiger partial charge in [-0.05, 0) is 25.1 Å². The Morgan fingerprint density at radius 3 is 2.78 bits per heavy atom. The first-order chi connectivity index (χ1) is 8.61. The summed E-state index contributed by atoms with van der Waals surface area (Å²) in [6, 6.07) is 8.31. The molecule has 1 N–H and O–H groups in total. The standard InChI is InChI=1S/C14H17BrN2S/c1-9(2)13-12(8-16-3)18-14(17-13)10-5-4-6-11(15)7-10/h4-7,9,16H,8H2,1-3H3. The van der Waals surface area contributed by atoms with E-state index in [0.29, 0.717) is 5.92 Å². The first kappa shape index (κ1) is 13.7. The molecule has 0 radical (unpaired) electrons. The Kier molecular flexibility index (Phi) is 4.54. The van der Waals surface area contributed by atoms with Crippen molar-refractivity contribution in [1.29, 1.82) is 0 Å². The molecule has 18 heavy (non-hydrogen) atoms. The minimum atomic E-state index is 0.463. The zero-order chi connectivity index (χ0) is 13.1. The minimum absolute atomic E-state index is 0.463. The van der Waals surface area contributed by atoms with Gasteiger partial charge < -0.3 is 5.32 Å². The lowest BCUT2D eigenvalue weighted by atomic mass is 10.1. The van der Waals surface area contributed by atoms with Gasteiger partial charge in [0.2, 0.25) is 0 Å². The van der Waals surface area contributed by atoms with Crippen LogP contribution in [0.3, 0.4) is 0 Å². The highest BCUT2D eigenvalue weighted by Gasteiger charge is 2.14. The second-order valence-electron chi connectivity index (χ2n) is 4.52. The number of aromatic nitrogens is 1. The molecule has 1 heterocycles. The van der Waals surface area contributed by atoms with E-state index < -0.39 is 0 Å². The second-order valence-corrected chi connectivity index (χ2v) is 6.52. The van der Waals surface area contributed by atoms with Crippen molar-refractivity contribution >= 4 is 27.3 Å². The minimum Gasteiger partial charge on any atom is -0.315 e. The van der Waals surface area contributed by atoms with E-state index in [-0.39, 0.29) is 0 Å². The highest BCUT2D eigenvalue weighted by molar-refractivity contribution is 9.10. The molecule has 1 aromatic heterocycles. The Morgan fingerprint density at radius 1 is 1.39 bits per heavy atom. The normalized spacial score (nSPS) is 11.2. The molecular formula is C14H17BrN2S. The van der Waals surface area contributed by atoms with Gasteiger partial charge in [0.15, 0.2) is 0 Å². The van der Waals surface area contributed by atoms with E-state index in [1.54, 1.807) is 11.3 Å². The predicted molar refractivity (Wildman–Crippen MR) is 82.1 cm³/mol. The molecule has 96 valence electrons. The average molecular weight is 325 g/mol. The van der Waals surface area contributed by atoms with Crippen LogP contribution in [-0.4, -0.2) is 12.0 Å². The second kappa shape index (κ2) is 5.95. The fourth-order valence-corrected chi connectivity index (χ4v) is 3.47. The van der Waals surface area contributed by atoms with Crippen LogP contribution in [0.5, 0.6) is 0 Å². The summed E-state index contributed by atoms with van der Waals surface area (Å²) in [6.45, 7) is 5.27. The van der Waals surface area contributed by atoms with Gasteiger partial charge in [-0.3, -0.25) is 0 Å². The molecule has 2 rings (SSSR count). The van der Waals surface area contributed by atoms with Gasteiger partial charge in [-0.2, -0.15) is 0 Å². The van der Waals surface area contributed by atoms with E-state index in [2.05, 4.69) is 47.2 Å². The average Bonchev–Trinajstić information content (AvgIpc) is 2.74. The highest BCUT2D eigenvalue weighted by atomic mass is 79.9. The molecule has 0 saturated heterocycles. The molecule has 0 aliphatic heterocycles. The SMILES string of the molecule is CNCc1sc(-c2cccc(Br)c2)nc1C(C)C. The summed E-state index contributed by atoms with van der Waals surface area (Å²) >= 11 is 5.29. The van der Waals surface area contributed by atoms with Crippen molar-refractivity contribution in [3.63, 3.8) is 0 Å². The van der Waals surface area contributed by atoms with Crippen LogP contribution in [0.2, 0.25) is 0 Å². The molecule has 0 amide bonds. The molecule has 0 bridgehead atoms. The summed E-state index contributed by atoms with van der Waals surface area (Å²) < 4.78 is 1.09. The van der Waals surface area contributed by atoms with Crippen LogP contribution < -0.4 is 5.32 Å². The lowest BCUT2D eigenvalue weighted by Gasteiger charge is -2.03. The van der Waals surface area contributed by atoms with Crippen molar-refractivity contribution in [2.24, 2.45) is 0 Å². The fourth-order valence-electron chi connectivity index (χ4n) is 1.85. The van der Waals surface area contributed by atoms with Crippen LogP contribution >= 0.6 is 27.3 Å². The molecule has 0 unspecified atom stereocenters. The third-order valence-electron chi connectivity index (χ3n) is 2.68. The van der Waals surface area contributed by atoms with Gasteiger partial charge in [-0.25, -0.2) is 4.98 Å². The van der Waals surface area contributed by atoms with Crippen LogP contribution in [0.25, 0.3) is 10.6 Å². The van der Waals surface area contributed by atoms with Crippen LogP contribution in [0.4, 0.5) is 0 Å². The van der Waals surface area contributed by atoms with Gasteiger partial charge in [0.05, 0.1) is 5.69 Å². The van der Waals surface area contributed by atoms with Gasteiger partial charge in [-0.15, -0.1) is 11.3 Å². The Labute approximate surface area is 121 Å². The molecule has 0 aliphatic rings. The van der Waals surface area contributed by atoms with E-state index in [1.165, 1.54) is 16.1 Å². The molecular weight excluding hydrogens is 308 g/mol. The summed E-state index contributed by atoms with van der Waals surface area (Å²) in [5.74, 6) is 0.463. The maximum atomic E-state index is 4.80. The summed E-state index contributed by atoms with van der Waals surface area (Å²) in [5.41, 5.74) is 2.39. The van der Waals surface area contributed by atoms with Gasteiger partial charge in [-0.1, -0.05) is 41.9 Å². The third kappa shape index (κ3) is 2.99. The number of nitrogens with zero attached hydrogens (tertiary/aromatic N) is 1. The van der Waals surface area contributed by atoms with Crippen LogP contribution in [-0.2, 0) is 6.54 Å². The number of rotatable bonds is 4. The monoisotopic (exact) mass is 324 g/mol. The van der Waals surface area contributed by atoms with Gasteiger partial charge in [0.1, 0.15) is 5.01 Å². The Morgan fingerprint density at radius 2 is 2.17 bits per heavy atom. The van der Waals surface area contributed by atoms with E-state index in [4.69, 9.17) is 4.98 Å². The van der Waals surface area contributed by atoms with Gasteiger partial charge in [0, 0.05) is 21.5 Å². The van der Waals surface area contributed by atoms with Crippen LogP contribution in [0, 0.1) is 0 Å². The van der Waals surface area contributed by atoms with E-state index >= 15 is 0 Å². The van der Waals surface area contributed by atoms with Gasteiger partial charge in [0.25, 0.3) is 0 Å². The molecule has 0 atom stereocenters. The number of nitrogens with one attached hydrogen (secondary N) is 1. The molecule has 4 heteroatoms. The molecule has 0 spiro atoms. The van der Waals surface area contributed by atoms with Crippen molar-refractivity contribution in [2.75, 3.05) is 7.05 Å². The molecule has 2 aromatic rings. The summed E-state index contributed by atoms with van der Waals surface area (Å²) in [4.78, 5) is 6.13. The van der Waals surface area contributed by atoms with E-state index in [1.807, 2.05) is 19.2 Å². The largest absolute Gasteiger partial charge is 0.315 e. The van der Waals surface area contributed by atoms with E-state index in [0.717, 1.165) is 16.0 Å². The zero-order valence-corrected chi connectivity index (χ0v) is 13.2. The molecule has 2 nitrogen and oxygen atoms in total. The maximum absolute atomic E-state index is 4.80. The molecule has 0 fully saturated rings. The zero-order valence-electron chi connectivity index (χ0n) is 10.8. The van der Waals surface area contributed by atoms with Crippen molar-refractivity contribution in [3.05, 3.63) is 39.3 Å². The van der Waals surface area contributed by atoms with E-state index in [9.17, 15) is 0 Å². The lowest BCUT2D eigenvalue weighted by molar-refractivity contribution is 0.771. The summed E-state index contributed by atoms with van der Waals surface area (Å²) in [7, 11) is 1.97. The molecule has 0 aliphatic carbocycles. The highest BCUT2D eigenvalue weighted by Crippen LogP contribution is 2.32. The van der Waals surface area contributed by atoms with Crippen molar-refractivity contribution < 1.29 is 0 Å². The number of hydrogen-bond acceptors (Lipinski definition) is 3. The fraction of sp³-hybridized carbons (Fsp3) is 0.357. The number of thiazole rings is 1. The van der Waals surface area contributed by atoms with Crippen LogP contribution in [0.15, 0.2) is 28.7 Å². The number of benzene rings is 1. The Hall–Kier alpha value is -0.710. The summed E-state index contributed by atoms with van der Waals surface area (Å²) in [5, 5.41) is 4.32. The first-order valence-corrected chi connectivity index (χ1v) is 7.63. The molecule has 0 saturated carbocycles. The lowest BCUT2D eigenvalue weighted by Crippen LogP contribution is -2.06. The Balaban J connectivity index is 2.43. The van der Waals surface area contributed by atoms with Crippen LogP contribution in [0.1, 0.15) is 30.3 Å². The smallest absolute Gasteiger partial charge is 0.123 e. The number of halogens is 1. The number of hydrogen-bond donors (Lipinski definition) is 1. The maximum Gasteiger partial charge on any atom is 0.123 e. The topological polar surface area (TPSA) is 24.9 Å².